The van der Waals surface area contributed by atoms with Crippen molar-refractivity contribution >= 4 is 11.6 Å². The molecule has 0 bridgehead atoms. The van der Waals surface area contributed by atoms with E-state index >= 15 is 8.78 Å². The highest BCUT2D eigenvalue weighted by Crippen LogP contribution is 2.72. The van der Waals surface area contributed by atoms with Gasteiger partial charge >= 0.3 is 0 Å². The van der Waals surface area contributed by atoms with Crippen molar-refractivity contribution in [1.29, 1.82) is 0 Å². The number of hydrogen-bond acceptors (Lipinski definition) is 7. The lowest BCUT2D eigenvalue weighted by atomic mass is 9.44. The van der Waals surface area contributed by atoms with Crippen LogP contribution in [0.1, 0.15) is 47.0 Å². The first kappa shape index (κ1) is 24.1. The molecule has 34 heavy (non-hydrogen) atoms. The van der Waals surface area contributed by atoms with E-state index in [1.807, 2.05) is 0 Å². The molecule has 4 fully saturated rings. The molecule has 3 saturated carbocycles. The largest absolute Gasteiger partial charge is 0.390 e. The maximum absolute atomic E-state index is 17.2. The summed E-state index contributed by atoms with van der Waals surface area (Å²) in [6.07, 6.45) is -6.04. The van der Waals surface area contributed by atoms with E-state index in [9.17, 15) is 29.3 Å². The van der Waals surface area contributed by atoms with Gasteiger partial charge < -0.3 is 24.8 Å². The van der Waals surface area contributed by atoms with Gasteiger partial charge in [-0.3, -0.25) is 9.59 Å². The molecule has 188 valence electrons. The average molecular weight is 486 g/mol. The number of alkyl halides is 2. The fourth-order valence-corrected chi connectivity index (χ4v) is 8.02. The summed E-state index contributed by atoms with van der Waals surface area (Å²) in [6.45, 7) is 5.99. The Morgan fingerprint density at radius 1 is 1.18 bits per heavy atom. The summed E-state index contributed by atoms with van der Waals surface area (Å²) in [6, 6.07) is 0. The zero-order valence-corrected chi connectivity index (χ0v) is 19.3. The highest BCUT2D eigenvalue weighted by molar-refractivity contribution is 6.04. The van der Waals surface area contributed by atoms with E-state index in [0.29, 0.717) is 0 Å². The Labute approximate surface area is 194 Å². The summed E-state index contributed by atoms with van der Waals surface area (Å²) in [5, 5.41) is 31.0. The first-order valence-electron chi connectivity index (χ1n) is 11.5. The van der Waals surface area contributed by atoms with Gasteiger partial charge in [0.2, 0.25) is 17.9 Å². The fourth-order valence-electron chi connectivity index (χ4n) is 8.02. The van der Waals surface area contributed by atoms with Crippen molar-refractivity contribution in [2.24, 2.45) is 22.7 Å². The van der Waals surface area contributed by atoms with Crippen LogP contribution in [0.4, 0.5) is 13.2 Å². The van der Waals surface area contributed by atoms with Crippen molar-refractivity contribution in [1.82, 2.24) is 0 Å². The highest BCUT2D eigenvalue weighted by Gasteiger charge is 2.81. The molecule has 1 heterocycles. The van der Waals surface area contributed by atoms with Gasteiger partial charge in [0, 0.05) is 22.3 Å². The standard InChI is InChI=1S/C24H29F3O7/c1-20(2)33-15-8-10-11-7-12(25)16-17(26)13(28)5-6-21(16,3)23(11,27)14(29)9-22(10,4)24(15,34-20)18(30)19(31)32/h5-6,10-12,14-15,19,29,31-32H,7-9H2,1-4H3/t10-,11-,12-,14-,15+,21-,22-,23-,24-/m0/s1. The summed E-state index contributed by atoms with van der Waals surface area (Å²) < 4.78 is 59.5. The van der Waals surface area contributed by atoms with Crippen molar-refractivity contribution in [3.8, 4) is 0 Å². The second-order valence-corrected chi connectivity index (χ2v) is 11.3. The molecular weight excluding hydrogens is 457 g/mol. The van der Waals surface area contributed by atoms with Crippen LogP contribution >= 0.6 is 0 Å². The number of aliphatic hydroxyl groups excluding tert-OH is 2. The maximum atomic E-state index is 17.2. The molecule has 0 radical (unpaired) electrons. The maximum Gasteiger partial charge on any atom is 0.223 e. The molecule has 1 saturated heterocycles. The van der Waals surface area contributed by atoms with Crippen LogP contribution in [0.25, 0.3) is 0 Å². The number of carbonyl (C=O) groups excluding carboxylic acids is 2. The minimum atomic E-state index is -2.56. The molecule has 3 N–H and O–H groups in total. The van der Waals surface area contributed by atoms with E-state index < -0.39 is 93.8 Å². The third kappa shape index (κ3) is 2.51. The van der Waals surface area contributed by atoms with Crippen molar-refractivity contribution in [2.45, 2.75) is 88.7 Å². The lowest BCUT2D eigenvalue weighted by Gasteiger charge is -2.63. The van der Waals surface area contributed by atoms with Crippen molar-refractivity contribution in [2.75, 3.05) is 0 Å². The number of halogens is 3. The number of fused-ring (bicyclic) bond motifs is 7. The molecule has 7 nitrogen and oxygen atoms in total. The Morgan fingerprint density at radius 3 is 2.44 bits per heavy atom. The van der Waals surface area contributed by atoms with Gasteiger partial charge in [-0.2, -0.15) is 0 Å². The lowest BCUT2D eigenvalue weighted by Crippen LogP contribution is -2.71. The topological polar surface area (TPSA) is 113 Å². The molecule has 0 spiro atoms. The summed E-state index contributed by atoms with van der Waals surface area (Å²) in [4.78, 5) is 25.1. The normalized spacial score (nSPS) is 51.3. The molecule has 5 aliphatic rings. The number of aliphatic hydroxyl groups is 3. The summed E-state index contributed by atoms with van der Waals surface area (Å²) >= 11 is 0. The van der Waals surface area contributed by atoms with Crippen LogP contribution in [0.5, 0.6) is 0 Å². The predicted molar refractivity (Wildman–Crippen MR) is 110 cm³/mol. The Kier molecular flexibility index (Phi) is 4.82. The van der Waals surface area contributed by atoms with Gasteiger partial charge in [-0.1, -0.05) is 13.0 Å². The Morgan fingerprint density at radius 2 is 1.82 bits per heavy atom. The van der Waals surface area contributed by atoms with Crippen LogP contribution in [0, 0.1) is 22.7 Å². The van der Waals surface area contributed by atoms with Gasteiger partial charge in [0.1, 0.15) is 6.17 Å². The molecule has 0 amide bonds. The predicted octanol–water partition coefficient (Wildman–Crippen LogP) is 1.98. The Hall–Kier alpha value is -1.59. The molecule has 0 aromatic carbocycles. The molecule has 1 aliphatic heterocycles. The van der Waals surface area contributed by atoms with Gasteiger partial charge in [0.15, 0.2) is 22.9 Å². The molecule has 4 aliphatic carbocycles. The van der Waals surface area contributed by atoms with E-state index in [1.165, 1.54) is 6.92 Å². The number of Topliss-reactive ketones (excluding diaryl/α,β-unsaturated/α-hetero) is 1. The summed E-state index contributed by atoms with van der Waals surface area (Å²) in [5.41, 5.74) is -8.36. The molecule has 10 heteroatoms. The van der Waals surface area contributed by atoms with Gasteiger partial charge in [-0.05, 0) is 52.0 Å². The van der Waals surface area contributed by atoms with Crippen molar-refractivity contribution in [3.63, 3.8) is 0 Å². The number of allylic oxidation sites excluding steroid dienone is 4. The number of carbonyl (C=O) groups is 2. The zero-order chi connectivity index (χ0) is 25.2. The molecule has 9 atom stereocenters. The lowest BCUT2D eigenvalue weighted by molar-refractivity contribution is -0.253. The highest BCUT2D eigenvalue weighted by atomic mass is 19.2. The van der Waals surface area contributed by atoms with Crippen LogP contribution in [-0.4, -0.2) is 68.6 Å². The van der Waals surface area contributed by atoms with Crippen LogP contribution in [0.3, 0.4) is 0 Å². The zero-order valence-electron chi connectivity index (χ0n) is 19.3. The van der Waals surface area contributed by atoms with Gasteiger partial charge in [-0.15, -0.1) is 0 Å². The smallest absolute Gasteiger partial charge is 0.223 e. The van der Waals surface area contributed by atoms with E-state index in [4.69, 9.17) is 9.47 Å². The molecule has 0 aromatic rings. The van der Waals surface area contributed by atoms with Crippen LogP contribution in [0.2, 0.25) is 0 Å². The first-order chi connectivity index (χ1) is 15.6. The number of ether oxygens (including phenoxy) is 2. The van der Waals surface area contributed by atoms with E-state index in [0.717, 1.165) is 12.2 Å². The quantitative estimate of drug-likeness (QED) is 0.512. The van der Waals surface area contributed by atoms with Crippen LogP contribution < -0.4 is 0 Å². The molecule has 0 unspecified atom stereocenters. The van der Waals surface area contributed by atoms with E-state index in [1.54, 1.807) is 20.8 Å². The summed E-state index contributed by atoms with van der Waals surface area (Å²) in [7, 11) is 0. The first-order valence-corrected chi connectivity index (χ1v) is 11.5. The van der Waals surface area contributed by atoms with E-state index in [2.05, 4.69) is 0 Å². The Bertz CT molecular complexity index is 1040. The second kappa shape index (κ2) is 6.79. The van der Waals surface area contributed by atoms with Gasteiger partial charge in [0.25, 0.3) is 0 Å². The molecule has 0 aromatic heterocycles. The van der Waals surface area contributed by atoms with Gasteiger partial charge in [-0.25, -0.2) is 13.2 Å². The minimum Gasteiger partial charge on any atom is -0.390 e. The monoisotopic (exact) mass is 486 g/mol. The van der Waals surface area contributed by atoms with E-state index in [-0.39, 0.29) is 12.8 Å². The summed E-state index contributed by atoms with van der Waals surface area (Å²) in [5.74, 6) is -6.72. The SMILES string of the molecule is CC1(C)O[C@@H]2C[C@H]3[C@@H]4C[C@H](F)C5=C(F)C(=O)C=C[C@]5(C)[C@@]4(F)[C@@H](O)C[C@]3(C)[C@]2(C(=O)C(O)O)O1. The van der Waals surface area contributed by atoms with Crippen LogP contribution in [0.15, 0.2) is 23.6 Å². The average Bonchev–Trinajstić information content (AvgIpc) is 3.13. The van der Waals surface area contributed by atoms with Gasteiger partial charge in [0.05, 0.1) is 12.2 Å². The Balaban J connectivity index is 1.68. The number of rotatable bonds is 2. The number of ketones is 2. The third-order valence-corrected chi connectivity index (χ3v) is 9.30. The molecule has 5 rings (SSSR count). The van der Waals surface area contributed by atoms with Crippen molar-refractivity contribution in [3.05, 3.63) is 23.6 Å². The third-order valence-electron chi connectivity index (χ3n) is 9.30. The fraction of sp³-hybridized carbons (Fsp3) is 0.750. The minimum absolute atomic E-state index is 0.0361. The van der Waals surface area contributed by atoms with Crippen LogP contribution in [-0.2, 0) is 19.1 Å². The van der Waals surface area contributed by atoms with Crippen molar-refractivity contribution < 1.29 is 47.6 Å². The molecular formula is C24H29F3O7. The second-order valence-electron chi connectivity index (χ2n) is 11.3. The number of hydrogen-bond donors (Lipinski definition) is 3.